The molecule has 0 aliphatic carbocycles. The van der Waals surface area contributed by atoms with Crippen LogP contribution in [0.4, 0.5) is 11.4 Å². The van der Waals surface area contributed by atoms with Crippen LogP contribution in [0, 0.1) is 6.92 Å². The molecule has 0 unspecified atom stereocenters. The van der Waals surface area contributed by atoms with E-state index in [4.69, 9.17) is 15.6 Å². The van der Waals surface area contributed by atoms with Crippen LogP contribution in [0.2, 0.25) is 0 Å². The van der Waals surface area contributed by atoms with Gasteiger partial charge in [0.25, 0.3) is 0 Å². The molecule has 0 aromatic heterocycles. The number of nitrogens with one attached hydrogen (secondary N) is 1. The number of aliphatic hydroxyl groups is 1. The van der Waals surface area contributed by atoms with Gasteiger partial charge in [-0.1, -0.05) is 0 Å². The molecule has 0 spiro atoms. The number of aryl methyl sites for hydroxylation is 1. The summed E-state index contributed by atoms with van der Waals surface area (Å²) in [6.07, 6.45) is 0. The average Bonchev–Trinajstić information content (AvgIpc) is 2.17. The molecule has 0 heterocycles. The summed E-state index contributed by atoms with van der Waals surface area (Å²) >= 11 is 0. The van der Waals surface area contributed by atoms with Crippen molar-refractivity contribution < 1.29 is 9.84 Å². The third-order valence-electron chi connectivity index (χ3n) is 1.99. The van der Waals surface area contributed by atoms with Gasteiger partial charge in [0.1, 0.15) is 5.75 Å². The SMILES string of the molecule is COc1cc(NCCO)c(N)cc1C. The lowest BCUT2D eigenvalue weighted by molar-refractivity contribution is 0.311. The molecule has 4 N–H and O–H groups in total. The van der Waals surface area contributed by atoms with E-state index in [2.05, 4.69) is 5.32 Å². The van der Waals surface area contributed by atoms with Crippen LogP contribution in [0.1, 0.15) is 5.56 Å². The molecule has 0 aliphatic rings. The van der Waals surface area contributed by atoms with Gasteiger partial charge in [0.05, 0.1) is 25.1 Å². The lowest BCUT2D eigenvalue weighted by atomic mass is 10.1. The van der Waals surface area contributed by atoms with Crippen LogP contribution in [-0.4, -0.2) is 25.4 Å². The molecule has 0 aliphatic heterocycles. The molecule has 0 radical (unpaired) electrons. The predicted molar refractivity (Wildman–Crippen MR) is 57.7 cm³/mol. The van der Waals surface area contributed by atoms with E-state index in [0.29, 0.717) is 12.2 Å². The van der Waals surface area contributed by atoms with Crippen molar-refractivity contribution in [1.29, 1.82) is 0 Å². The Hall–Kier alpha value is -1.42. The van der Waals surface area contributed by atoms with Crippen LogP contribution >= 0.6 is 0 Å². The summed E-state index contributed by atoms with van der Waals surface area (Å²) in [6, 6.07) is 3.68. The number of ether oxygens (including phenoxy) is 1. The zero-order valence-electron chi connectivity index (χ0n) is 8.50. The van der Waals surface area contributed by atoms with Crippen LogP contribution in [0.5, 0.6) is 5.75 Å². The molecule has 1 rings (SSSR count). The summed E-state index contributed by atoms with van der Waals surface area (Å²) in [4.78, 5) is 0. The van der Waals surface area contributed by atoms with Crippen LogP contribution in [0.15, 0.2) is 12.1 Å². The van der Waals surface area contributed by atoms with E-state index in [9.17, 15) is 0 Å². The first-order valence-corrected chi connectivity index (χ1v) is 4.48. The minimum absolute atomic E-state index is 0.0790. The van der Waals surface area contributed by atoms with Crippen LogP contribution in [0.25, 0.3) is 0 Å². The van der Waals surface area contributed by atoms with Gasteiger partial charge in [0.15, 0.2) is 0 Å². The summed E-state index contributed by atoms with van der Waals surface area (Å²) in [5.74, 6) is 0.791. The fourth-order valence-corrected chi connectivity index (χ4v) is 1.27. The van der Waals surface area contributed by atoms with E-state index in [1.165, 1.54) is 0 Å². The van der Waals surface area contributed by atoms with Crippen molar-refractivity contribution in [3.05, 3.63) is 17.7 Å². The molecule has 1 aromatic rings. The first-order chi connectivity index (χ1) is 6.69. The topological polar surface area (TPSA) is 67.5 Å². The van der Waals surface area contributed by atoms with Crippen LogP contribution in [0.3, 0.4) is 0 Å². The maximum atomic E-state index is 8.66. The Labute approximate surface area is 83.7 Å². The summed E-state index contributed by atoms with van der Waals surface area (Å²) in [7, 11) is 1.62. The number of aliphatic hydroxyl groups excluding tert-OH is 1. The standard InChI is InChI=1S/C10H16N2O2/c1-7-5-8(11)9(12-3-4-13)6-10(7)14-2/h5-6,12-13H,3-4,11H2,1-2H3. The third kappa shape index (κ3) is 2.29. The fourth-order valence-electron chi connectivity index (χ4n) is 1.27. The third-order valence-corrected chi connectivity index (χ3v) is 1.99. The lowest BCUT2D eigenvalue weighted by Crippen LogP contribution is -2.08. The first-order valence-electron chi connectivity index (χ1n) is 4.48. The van der Waals surface area contributed by atoms with Gasteiger partial charge in [-0.15, -0.1) is 0 Å². The molecule has 4 heteroatoms. The molecule has 4 nitrogen and oxygen atoms in total. The second-order valence-electron chi connectivity index (χ2n) is 3.06. The number of anilines is 2. The number of methoxy groups -OCH3 is 1. The van der Waals surface area contributed by atoms with Crippen molar-refractivity contribution in [2.75, 3.05) is 31.3 Å². The summed E-state index contributed by atoms with van der Waals surface area (Å²) in [5, 5.41) is 11.7. The second kappa shape index (κ2) is 4.72. The van der Waals surface area contributed by atoms with Crippen molar-refractivity contribution >= 4 is 11.4 Å². The minimum Gasteiger partial charge on any atom is -0.496 e. The van der Waals surface area contributed by atoms with Gasteiger partial charge < -0.3 is 20.9 Å². The Bertz CT molecular complexity index is 313. The highest BCUT2D eigenvalue weighted by molar-refractivity contribution is 5.70. The summed E-state index contributed by atoms with van der Waals surface area (Å²) in [5.41, 5.74) is 8.24. The molecule has 78 valence electrons. The first kappa shape index (κ1) is 10.7. The molecule has 1 aromatic carbocycles. The molecule has 0 fully saturated rings. The van der Waals surface area contributed by atoms with Gasteiger partial charge in [-0.3, -0.25) is 0 Å². The van der Waals surface area contributed by atoms with Gasteiger partial charge in [-0.2, -0.15) is 0 Å². The van der Waals surface area contributed by atoms with Crippen molar-refractivity contribution in [2.24, 2.45) is 0 Å². The highest BCUT2D eigenvalue weighted by Gasteiger charge is 2.04. The van der Waals surface area contributed by atoms with Gasteiger partial charge >= 0.3 is 0 Å². The Balaban J connectivity index is 2.92. The number of rotatable bonds is 4. The molecule has 0 atom stereocenters. The van der Waals surface area contributed by atoms with E-state index in [0.717, 1.165) is 17.0 Å². The Morgan fingerprint density at radius 2 is 2.21 bits per heavy atom. The molecule has 0 saturated heterocycles. The predicted octanol–water partition coefficient (Wildman–Crippen LogP) is 0.990. The highest BCUT2D eigenvalue weighted by Crippen LogP contribution is 2.28. The zero-order valence-corrected chi connectivity index (χ0v) is 8.50. The fraction of sp³-hybridized carbons (Fsp3) is 0.400. The van der Waals surface area contributed by atoms with E-state index in [1.54, 1.807) is 7.11 Å². The van der Waals surface area contributed by atoms with Crippen molar-refractivity contribution in [3.63, 3.8) is 0 Å². The van der Waals surface area contributed by atoms with E-state index in [1.807, 2.05) is 19.1 Å². The summed E-state index contributed by atoms with van der Waals surface area (Å²) < 4.78 is 5.16. The monoisotopic (exact) mass is 196 g/mol. The van der Waals surface area contributed by atoms with Crippen LogP contribution < -0.4 is 15.8 Å². The van der Waals surface area contributed by atoms with E-state index < -0.39 is 0 Å². The lowest BCUT2D eigenvalue weighted by Gasteiger charge is -2.12. The minimum atomic E-state index is 0.0790. The quantitative estimate of drug-likeness (QED) is 0.628. The highest BCUT2D eigenvalue weighted by atomic mass is 16.5. The van der Waals surface area contributed by atoms with Gasteiger partial charge in [-0.25, -0.2) is 0 Å². The number of hydrogen-bond acceptors (Lipinski definition) is 4. The summed E-state index contributed by atoms with van der Waals surface area (Å²) in [6.45, 7) is 2.50. The molecular formula is C10H16N2O2. The Morgan fingerprint density at radius 1 is 1.50 bits per heavy atom. The van der Waals surface area contributed by atoms with Gasteiger partial charge in [0.2, 0.25) is 0 Å². The number of nitrogen functional groups attached to an aromatic ring is 1. The number of benzene rings is 1. The number of nitrogens with two attached hydrogens (primary N) is 1. The molecule has 0 amide bonds. The average molecular weight is 196 g/mol. The molecular weight excluding hydrogens is 180 g/mol. The Kier molecular flexibility index (Phi) is 3.59. The van der Waals surface area contributed by atoms with Crippen molar-refractivity contribution in [3.8, 4) is 5.75 Å². The van der Waals surface area contributed by atoms with Crippen LogP contribution in [-0.2, 0) is 0 Å². The van der Waals surface area contributed by atoms with Gasteiger partial charge in [-0.05, 0) is 18.6 Å². The Morgan fingerprint density at radius 3 is 2.79 bits per heavy atom. The molecule has 14 heavy (non-hydrogen) atoms. The molecule has 0 bridgehead atoms. The second-order valence-corrected chi connectivity index (χ2v) is 3.06. The zero-order chi connectivity index (χ0) is 10.6. The molecule has 0 saturated carbocycles. The van der Waals surface area contributed by atoms with Crippen molar-refractivity contribution in [1.82, 2.24) is 0 Å². The van der Waals surface area contributed by atoms with Gasteiger partial charge in [0, 0.05) is 12.6 Å². The van der Waals surface area contributed by atoms with E-state index in [-0.39, 0.29) is 6.61 Å². The van der Waals surface area contributed by atoms with Crippen molar-refractivity contribution in [2.45, 2.75) is 6.92 Å². The maximum absolute atomic E-state index is 8.66. The number of hydrogen-bond donors (Lipinski definition) is 3. The largest absolute Gasteiger partial charge is 0.496 e. The maximum Gasteiger partial charge on any atom is 0.123 e. The normalized spacial score (nSPS) is 9.93. The van der Waals surface area contributed by atoms with E-state index >= 15 is 0 Å². The smallest absolute Gasteiger partial charge is 0.123 e.